The van der Waals surface area contributed by atoms with Crippen molar-refractivity contribution in [2.75, 3.05) is 11.4 Å². The molecule has 1 aromatic rings. The number of piperidine rings is 1. The predicted octanol–water partition coefficient (Wildman–Crippen LogP) is 2.94. The number of carbonyl (C=O) groups is 1. The topological polar surface area (TPSA) is 20.3 Å². The van der Waals surface area contributed by atoms with Gasteiger partial charge in [0.2, 0.25) is 0 Å². The highest BCUT2D eigenvalue weighted by atomic mass is 32.1. The molecule has 3 heteroatoms. The normalized spacial score (nSPS) is 22.4. The first-order valence-corrected chi connectivity index (χ1v) is 5.94. The van der Waals surface area contributed by atoms with Crippen LogP contribution in [0.1, 0.15) is 35.9 Å². The molecule has 1 atom stereocenters. The van der Waals surface area contributed by atoms with Crippen LogP contribution in [0.25, 0.3) is 0 Å². The largest absolute Gasteiger partial charge is 0.361 e. The predicted molar refractivity (Wildman–Crippen MR) is 60.4 cm³/mol. The first-order valence-electron chi connectivity index (χ1n) is 5.13. The summed E-state index contributed by atoms with van der Waals surface area (Å²) in [5, 5.41) is 1.25. The minimum absolute atomic E-state index is 0.627. The third kappa shape index (κ3) is 1.82. The number of nitrogens with zero attached hydrogens (tertiary/aromatic N) is 1. The fraction of sp³-hybridized carbons (Fsp3) is 0.545. The highest BCUT2D eigenvalue weighted by molar-refractivity contribution is 7.17. The van der Waals surface area contributed by atoms with Gasteiger partial charge in [-0.05, 0) is 38.3 Å². The van der Waals surface area contributed by atoms with E-state index < -0.39 is 0 Å². The van der Waals surface area contributed by atoms with Crippen molar-refractivity contribution in [2.45, 2.75) is 32.2 Å². The molecule has 2 heterocycles. The molecule has 0 N–H and O–H groups in total. The lowest BCUT2D eigenvalue weighted by atomic mass is 10.0. The third-order valence-corrected chi connectivity index (χ3v) is 3.86. The number of hydrogen-bond donors (Lipinski definition) is 0. The number of aldehydes is 1. The molecule has 0 aromatic carbocycles. The van der Waals surface area contributed by atoms with E-state index in [4.69, 9.17) is 0 Å². The van der Waals surface area contributed by atoms with Crippen LogP contribution in [0.4, 0.5) is 5.00 Å². The van der Waals surface area contributed by atoms with Crippen molar-refractivity contribution in [3.05, 3.63) is 17.0 Å². The Kier molecular flexibility index (Phi) is 2.87. The van der Waals surface area contributed by atoms with E-state index in [0.29, 0.717) is 6.04 Å². The van der Waals surface area contributed by atoms with Gasteiger partial charge in [0.15, 0.2) is 6.29 Å². The van der Waals surface area contributed by atoms with E-state index in [1.807, 2.05) is 6.07 Å². The first kappa shape index (κ1) is 9.71. The van der Waals surface area contributed by atoms with Gasteiger partial charge in [0.1, 0.15) is 0 Å². The summed E-state index contributed by atoms with van der Waals surface area (Å²) >= 11 is 1.60. The Morgan fingerprint density at radius 1 is 1.50 bits per heavy atom. The van der Waals surface area contributed by atoms with Gasteiger partial charge in [-0.3, -0.25) is 4.79 Å². The van der Waals surface area contributed by atoms with Gasteiger partial charge in [0.05, 0.1) is 9.88 Å². The van der Waals surface area contributed by atoms with Crippen molar-refractivity contribution in [2.24, 2.45) is 0 Å². The van der Waals surface area contributed by atoms with Crippen LogP contribution in [0.5, 0.6) is 0 Å². The molecule has 1 unspecified atom stereocenters. The van der Waals surface area contributed by atoms with Crippen molar-refractivity contribution in [1.29, 1.82) is 0 Å². The van der Waals surface area contributed by atoms with Gasteiger partial charge in [-0.1, -0.05) is 0 Å². The van der Waals surface area contributed by atoms with Gasteiger partial charge in [-0.25, -0.2) is 0 Å². The van der Waals surface area contributed by atoms with Crippen LogP contribution in [0.15, 0.2) is 12.1 Å². The Labute approximate surface area is 88.5 Å². The minimum Gasteiger partial charge on any atom is -0.361 e. The van der Waals surface area contributed by atoms with E-state index in [-0.39, 0.29) is 0 Å². The third-order valence-electron chi connectivity index (χ3n) is 2.81. The molecule has 1 aromatic heterocycles. The van der Waals surface area contributed by atoms with E-state index in [9.17, 15) is 4.79 Å². The van der Waals surface area contributed by atoms with E-state index in [1.165, 1.54) is 24.3 Å². The highest BCUT2D eigenvalue weighted by Crippen LogP contribution is 2.30. The van der Waals surface area contributed by atoms with Crippen molar-refractivity contribution in [3.8, 4) is 0 Å². The summed E-state index contributed by atoms with van der Waals surface area (Å²) in [5.41, 5.74) is 0. The van der Waals surface area contributed by atoms with Crippen LogP contribution < -0.4 is 4.90 Å². The second-order valence-electron chi connectivity index (χ2n) is 3.83. The Morgan fingerprint density at radius 3 is 3.00 bits per heavy atom. The summed E-state index contributed by atoms with van der Waals surface area (Å²) in [5.74, 6) is 0. The average molecular weight is 209 g/mol. The van der Waals surface area contributed by atoms with Crippen LogP contribution in [-0.2, 0) is 0 Å². The lowest BCUT2D eigenvalue weighted by Gasteiger charge is -2.34. The van der Waals surface area contributed by atoms with Gasteiger partial charge in [-0.2, -0.15) is 0 Å². The number of anilines is 1. The number of hydrogen-bond acceptors (Lipinski definition) is 3. The molecule has 0 spiro atoms. The molecule has 76 valence electrons. The smallest absolute Gasteiger partial charge is 0.160 e. The lowest BCUT2D eigenvalue weighted by Crippen LogP contribution is -2.36. The van der Waals surface area contributed by atoms with Crippen LogP contribution >= 0.6 is 11.3 Å². The van der Waals surface area contributed by atoms with Crippen molar-refractivity contribution < 1.29 is 4.79 Å². The van der Waals surface area contributed by atoms with E-state index in [2.05, 4.69) is 17.9 Å². The zero-order chi connectivity index (χ0) is 9.97. The fourth-order valence-electron chi connectivity index (χ4n) is 1.99. The first-order chi connectivity index (χ1) is 6.81. The highest BCUT2D eigenvalue weighted by Gasteiger charge is 2.19. The van der Waals surface area contributed by atoms with Crippen LogP contribution in [-0.4, -0.2) is 18.9 Å². The van der Waals surface area contributed by atoms with Crippen molar-refractivity contribution in [1.82, 2.24) is 0 Å². The summed E-state index contributed by atoms with van der Waals surface area (Å²) in [6.07, 6.45) is 4.82. The molecule has 1 aliphatic heterocycles. The van der Waals surface area contributed by atoms with Crippen LogP contribution in [0.2, 0.25) is 0 Å². The summed E-state index contributed by atoms with van der Waals surface area (Å²) in [6, 6.07) is 4.60. The maximum Gasteiger partial charge on any atom is 0.160 e. The van der Waals surface area contributed by atoms with E-state index in [0.717, 1.165) is 17.7 Å². The molecule has 1 aliphatic rings. The lowest BCUT2D eigenvalue weighted by molar-refractivity contribution is 0.112. The van der Waals surface area contributed by atoms with E-state index in [1.54, 1.807) is 11.3 Å². The quantitative estimate of drug-likeness (QED) is 0.698. The Bertz CT molecular complexity index is 321. The van der Waals surface area contributed by atoms with Gasteiger partial charge in [-0.15, -0.1) is 11.3 Å². The monoisotopic (exact) mass is 209 g/mol. The summed E-state index contributed by atoms with van der Waals surface area (Å²) in [7, 11) is 0. The maximum absolute atomic E-state index is 10.6. The van der Waals surface area contributed by atoms with Gasteiger partial charge >= 0.3 is 0 Å². The van der Waals surface area contributed by atoms with Crippen molar-refractivity contribution >= 4 is 22.6 Å². The SMILES string of the molecule is CC1CCCCN1c1ccc(C=O)s1. The van der Waals surface area contributed by atoms with Crippen molar-refractivity contribution in [3.63, 3.8) is 0 Å². The molecular weight excluding hydrogens is 194 g/mol. The number of rotatable bonds is 2. The minimum atomic E-state index is 0.627. The molecule has 1 fully saturated rings. The maximum atomic E-state index is 10.6. The van der Waals surface area contributed by atoms with Gasteiger partial charge in [0.25, 0.3) is 0 Å². The second-order valence-corrected chi connectivity index (χ2v) is 4.93. The average Bonchev–Trinajstić information content (AvgIpc) is 2.67. The number of carbonyl (C=O) groups excluding carboxylic acids is 1. The van der Waals surface area contributed by atoms with E-state index >= 15 is 0 Å². The molecule has 2 rings (SSSR count). The summed E-state index contributed by atoms with van der Waals surface area (Å²) in [6.45, 7) is 3.40. The Morgan fingerprint density at radius 2 is 2.36 bits per heavy atom. The van der Waals surface area contributed by atoms with Crippen LogP contribution in [0, 0.1) is 0 Å². The summed E-state index contributed by atoms with van der Waals surface area (Å²) < 4.78 is 0. The Hall–Kier alpha value is -0.830. The molecular formula is C11H15NOS. The standard InChI is InChI=1S/C11H15NOS/c1-9-4-2-3-7-12(9)11-6-5-10(8-13)14-11/h5-6,8-9H,2-4,7H2,1H3. The molecule has 14 heavy (non-hydrogen) atoms. The molecule has 0 amide bonds. The van der Waals surface area contributed by atoms with Gasteiger partial charge < -0.3 is 4.90 Å². The van der Waals surface area contributed by atoms with Crippen LogP contribution in [0.3, 0.4) is 0 Å². The second kappa shape index (κ2) is 4.13. The van der Waals surface area contributed by atoms with Gasteiger partial charge in [0, 0.05) is 12.6 Å². The molecule has 2 nitrogen and oxygen atoms in total. The molecule has 0 aliphatic carbocycles. The molecule has 0 bridgehead atoms. The fourth-order valence-corrected chi connectivity index (χ4v) is 2.94. The zero-order valence-corrected chi connectivity index (χ0v) is 9.22. The molecule has 0 radical (unpaired) electrons. The Balaban J connectivity index is 2.16. The molecule has 1 saturated heterocycles. The zero-order valence-electron chi connectivity index (χ0n) is 8.40. The summed E-state index contributed by atoms with van der Waals surface area (Å²) in [4.78, 5) is 13.8. The molecule has 0 saturated carbocycles. The number of thiophene rings is 1.